The molecule has 1 atom stereocenters. The highest BCUT2D eigenvalue weighted by molar-refractivity contribution is 5.67. The molecule has 1 aliphatic rings. The summed E-state index contributed by atoms with van der Waals surface area (Å²) in [4.78, 5) is 10.6. The van der Waals surface area contributed by atoms with Crippen LogP contribution in [0.1, 0.15) is 61.6 Å². The van der Waals surface area contributed by atoms with Gasteiger partial charge in [-0.1, -0.05) is 31.4 Å². The number of carbonyl (C=O) groups is 1. The highest BCUT2D eigenvalue weighted by Gasteiger charge is 2.20. The van der Waals surface area contributed by atoms with E-state index >= 15 is 0 Å². The minimum atomic E-state index is -0.968. The number of nitrogens with two attached hydrogens (primary N) is 1. The first kappa shape index (κ1) is 14.0. The summed E-state index contributed by atoms with van der Waals surface area (Å²) in [5, 5.41) is 8.70. The zero-order valence-corrected chi connectivity index (χ0v) is 10.9. The molecule has 1 aliphatic carbocycles. The molecule has 0 heterocycles. The van der Waals surface area contributed by atoms with E-state index in [1.54, 1.807) is 12.1 Å². The van der Waals surface area contributed by atoms with Gasteiger partial charge in [0.05, 0.1) is 6.42 Å². The topological polar surface area (TPSA) is 63.3 Å². The Balaban J connectivity index is 2.14. The third-order valence-electron chi connectivity index (χ3n) is 3.89. The minimum Gasteiger partial charge on any atom is -0.481 e. The van der Waals surface area contributed by atoms with Gasteiger partial charge in [0.25, 0.3) is 0 Å². The van der Waals surface area contributed by atoms with Gasteiger partial charge >= 0.3 is 5.97 Å². The summed E-state index contributed by atoms with van der Waals surface area (Å²) in [5.41, 5.74) is 7.06. The van der Waals surface area contributed by atoms with Crippen LogP contribution in [0.25, 0.3) is 0 Å². The van der Waals surface area contributed by atoms with E-state index in [1.807, 2.05) is 0 Å². The lowest BCUT2D eigenvalue weighted by molar-refractivity contribution is -0.137. The van der Waals surface area contributed by atoms with Crippen molar-refractivity contribution in [3.8, 4) is 0 Å². The second kappa shape index (κ2) is 6.15. The number of rotatable bonds is 4. The number of benzene rings is 1. The van der Waals surface area contributed by atoms with Crippen LogP contribution in [0.4, 0.5) is 4.39 Å². The Morgan fingerprint density at radius 1 is 1.37 bits per heavy atom. The van der Waals surface area contributed by atoms with Gasteiger partial charge < -0.3 is 10.8 Å². The van der Waals surface area contributed by atoms with E-state index in [2.05, 4.69) is 0 Å². The van der Waals surface area contributed by atoms with Crippen molar-refractivity contribution >= 4 is 5.97 Å². The van der Waals surface area contributed by atoms with Crippen LogP contribution >= 0.6 is 0 Å². The lowest BCUT2D eigenvalue weighted by Gasteiger charge is -2.23. The molecule has 1 fully saturated rings. The predicted octanol–water partition coefficient (Wildman–Crippen LogP) is 3.35. The van der Waals surface area contributed by atoms with Gasteiger partial charge in [0.1, 0.15) is 5.82 Å². The van der Waals surface area contributed by atoms with E-state index in [4.69, 9.17) is 10.8 Å². The van der Waals surface area contributed by atoms with Gasteiger partial charge in [-0.25, -0.2) is 4.39 Å². The minimum absolute atomic E-state index is 0.178. The summed E-state index contributed by atoms with van der Waals surface area (Å²) in [7, 11) is 0. The smallest absolute Gasteiger partial charge is 0.305 e. The van der Waals surface area contributed by atoms with Crippen LogP contribution in [0.3, 0.4) is 0 Å². The van der Waals surface area contributed by atoms with Crippen molar-refractivity contribution in [1.29, 1.82) is 0 Å². The molecule has 0 bridgehead atoms. The Hall–Kier alpha value is -1.42. The first-order valence-electron chi connectivity index (χ1n) is 6.84. The lowest BCUT2D eigenvalue weighted by Crippen LogP contribution is -2.16. The quantitative estimate of drug-likeness (QED) is 0.877. The van der Waals surface area contributed by atoms with Gasteiger partial charge in [0, 0.05) is 6.04 Å². The second-order valence-electron chi connectivity index (χ2n) is 5.32. The molecule has 1 saturated carbocycles. The van der Waals surface area contributed by atoms with E-state index in [0.717, 1.165) is 31.2 Å². The molecule has 4 heteroatoms. The highest BCUT2D eigenvalue weighted by Crippen LogP contribution is 2.34. The van der Waals surface area contributed by atoms with Crippen LogP contribution in [0.15, 0.2) is 18.2 Å². The summed E-state index contributed by atoms with van der Waals surface area (Å²) >= 11 is 0. The van der Waals surface area contributed by atoms with Crippen LogP contribution in [0.5, 0.6) is 0 Å². The molecule has 1 aromatic carbocycles. The third-order valence-corrected chi connectivity index (χ3v) is 3.89. The maximum Gasteiger partial charge on any atom is 0.305 e. The molecular formula is C15H20FNO2. The van der Waals surface area contributed by atoms with Crippen molar-refractivity contribution in [2.45, 2.75) is 50.5 Å². The first-order valence-corrected chi connectivity index (χ1v) is 6.84. The van der Waals surface area contributed by atoms with E-state index in [9.17, 15) is 9.18 Å². The fourth-order valence-electron chi connectivity index (χ4n) is 2.82. The summed E-state index contributed by atoms with van der Waals surface area (Å²) in [6.07, 6.45) is 5.45. The third kappa shape index (κ3) is 3.53. The molecule has 0 amide bonds. The second-order valence-corrected chi connectivity index (χ2v) is 5.32. The van der Waals surface area contributed by atoms with Crippen molar-refractivity contribution < 1.29 is 14.3 Å². The largest absolute Gasteiger partial charge is 0.481 e. The molecule has 0 spiro atoms. The summed E-state index contributed by atoms with van der Waals surface area (Å²) in [6.45, 7) is 0. The molecule has 2 rings (SSSR count). The average molecular weight is 265 g/mol. The fraction of sp³-hybridized carbons (Fsp3) is 0.533. The van der Waals surface area contributed by atoms with Gasteiger partial charge in [-0.15, -0.1) is 0 Å². The van der Waals surface area contributed by atoms with Crippen molar-refractivity contribution in [1.82, 2.24) is 0 Å². The van der Waals surface area contributed by atoms with Gasteiger partial charge in [-0.2, -0.15) is 0 Å². The zero-order chi connectivity index (χ0) is 13.8. The lowest BCUT2D eigenvalue weighted by atomic mass is 9.83. The van der Waals surface area contributed by atoms with Gasteiger partial charge in [0.15, 0.2) is 0 Å². The molecular weight excluding hydrogens is 245 g/mol. The van der Waals surface area contributed by atoms with Gasteiger partial charge in [-0.05, 0) is 36.0 Å². The summed E-state index contributed by atoms with van der Waals surface area (Å²) in [5.74, 6) is -0.909. The number of carboxylic acids is 1. The van der Waals surface area contributed by atoms with Gasteiger partial charge in [0.2, 0.25) is 0 Å². The molecule has 1 unspecified atom stereocenters. The summed E-state index contributed by atoms with van der Waals surface area (Å²) in [6, 6.07) is 4.30. The van der Waals surface area contributed by atoms with Crippen LogP contribution in [0.2, 0.25) is 0 Å². The van der Waals surface area contributed by atoms with Gasteiger partial charge in [-0.3, -0.25) is 4.79 Å². The van der Waals surface area contributed by atoms with E-state index in [0.29, 0.717) is 11.5 Å². The van der Waals surface area contributed by atoms with Crippen LogP contribution in [-0.2, 0) is 4.79 Å². The Kier molecular flexibility index (Phi) is 4.53. The Morgan fingerprint density at radius 3 is 2.63 bits per heavy atom. The predicted molar refractivity (Wildman–Crippen MR) is 71.4 cm³/mol. The fourth-order valence-corrected chi connectivity index (χ4v) is 2.82. The summed E-state index contributed by atoms with van der Waals surface area (Å²) < 4.78 is 14.1. The Morgan fingerprint density at radius 2 is 2.05 bits per heavy atom. The normalized spacial score (nSPS) is 18.2. The number of halogens is 1. The molecule has 1 aromatic rings. The molecule has 19 heavy (non-hydrogen) atoms. The number of hydrogen-bond acceptors (Lipinski definition) is 2. The first-order chi connectivity index (χ1) is 9.08. The molecule has 0 aromatic heterocycles. The molecule has 104 valence electrons. The average Bonchev–Trinajstić information content (AvgIpc) is 2.38. The molecule has 3 N–H and O–H groups in total. The number of carboxylic acid groups (broad SMARTS) is 1. The van der Waals surface area contributed by atoms with E-state index in [-0.39, 0.29) is 12.2 Å². The number of aliphatic carboxylic acids is 1. The Labute approximate surface area is 112 Å². The SMILES string of the molecule is NC(CC(=O)O)c1ccc(C2CCCCC2)c(F)c1. The van der Waals surface area contributed by atoms with Crippen LogP contribution in [0, 0.1) is 5.82 Å². The van der Waals surface area contributed by atoms with Crippen LogP contribution < -0.4 is 5.73 Å². The maximum atomic E-state index is 14.1. The van der Waals surface area contributed by atoms with Crippen molar-refractivity contribution in [2.24, 2.45) is 5.73 Å². The molecule has 3 nitrogen and oxygen atoms in total. The van der Waals surface area contributed by atoms with Crippen molar-refractivity contribution in [3.63, 3.8) is 0 Å². The van der Waals surface area contributed by atoms with E-state index < -0.39 is 12.0 Å². The maximum absolute atomic E-state index is 14.1. The molecule has 0 saturated heterocycles. The van der Waals surface area contributed by atoms with Crippen molar-refractivity contribution in [2.75, 3.05) is 0 Å². The Bertz CT molecular complexity index is 455. The van der Waals surface area contributed by atoms with E-state index in [1.165, 1.54) is 12.5 Å². The van der Waals surface area contributed by atoms with Crippen LogP contribution in [-0.4, -0.2) is 11.1 Å². The zero-order valence-electron chi connectivity index (χ0n) is 10.9. The molecule has 0 aliphatic heterocycles. The standard InChI is InChI=1S/C15H20FNO2/c16-13-8-11(14(17)9-15(18)19)6-7-12(13)10-4-2-1-3-5-10/h6-8,10,14H,1-5,9,17H2,(H,18,19). The monoisotopic (exact) mass is 265 g/mol. The highest BCUT2D eigenvalue weighted by atomic mass is 19.1. The number of hydrogen-bond donors (Lipinski definition) is 2. The molecule has 0 radical (unpaired) electrons. The van der Waals surface area contributed by atoms with Crippen molar-refractivity contribution in [3.05, 3.63) is 35.1 Å².